The largest absolute Gasteiger partial charge is 0.285 e. The van der Waals surface area contributed by atoms with Gasteiger partial charge in [0.05, 0.1) is 0 Å². The summed E-state index contributed by atoms with van der Waals surface area (Å²) < 4.78 is 0. The van der Waals surface area contributed by atoms with Gasteiger partial charge < -0.3 is 0 Å². The average molecular weight is 134 g/mol. The summed E-state index contributed by atoms with van der Waals surface area (Å²) in [5, 5.41) is 0. The standard InChI is InChI=1S/C8H6O2/c9-7-5-1-2-6(4-3-5)8(7)10/h1-2H,3-4H2. The van der Waals surface area contributed by atoms with Crippen LogP contribution < -0.4 is 0 Å². The van der Waals surface area contributed by atoms with Crippen LogP contribution in [0.1, 0.15) is 12.8 Å². The maximum atomic E-state index is 10.9. The number of ketones is 2. The molecule has 0 aromatic heterocycles. The number of allylic oxidation sites excluding steroid dienone is 4. The molecule has 0 radical (unpaired) electrons. The molecule has 0 amide bonds. The fourth-order valence-corrected chi connectivity index (χ4v) is 1.31. The van der Waals surface area contributed by atoms with E-state index >= 15 is 0 Å². The molecule has 1 fully saturated rings. The van der Waals surface area contributed by atoms with Crippen molar-refractivity contribution in [3.05, 3.63) is 23.3 Å². The molecule has 0 saturated heterocycles. The number of fused-ring (bicyclic) bond motifs is 3. The Kier molecular flexibility index (Phi) is 0.926. The van der Waals surface area contributed by atoms with Gasteiger partial charge in [-0.05, 0) is 12.8 Å². The van der Waals surface area contributed by atoms with Crippen LogP contribution >= 0.6 is 0 Å². The molecule has 0 aliphatic heterocycles. The molecule has 1 saturated carbocycles. The highest BCUT2D eigenvalue weighted by atomic mass is 16.2. The summed E-state index contributed by atoms with van der Waals surface area (Å²) >= 11 is 0. The molecule has 0 aromatic carbocycles. The van der Waals surface area contributed by atoms with Gasteiger partial charge in [0.15, 0.2) is 0 Å². The van der Waals surface area contributed by atoms with Crippen LogP contribution in [0.3, 0.4) is 0 Å². The van der Waals surface area contributed by atoms with Gasteiger partial charge in [-0.25, -0.2) is 0 Å². The lowest BCUT2D eigenvalue weighted by atomic mass is 9.83. The Morgan fingerprint density at radius 3 is 1.50 bits per heavy atom. The molecule has 0 aromatic rings. The van der Waals surface area contributed by atoms with Crippen LogP contribution in [0.15, 0.2) is 23.3 Å². The molecule has 2 nitrogen and oxygen atoms in total. The van der Waals surface area contributed by atoms with Crippen LogP contribution in [0.25, 0.3) is 0 Å². The Hall–Kier alpha value is -1.18. The summed E-state index contributed by atoms with van der Waals surface area (Å²) in [7, 11) is 0. The van der Waals surface area contributed by atoms with E-state index in [1.165, 1.54) is 0 Å². The van der Waals surface area contributed by atoms with Crippen molar-refractivity contribution >= 4 is 11.6 Å². The Balaban J connectivity index is 2.55. The maximum Gasteiger partial charge on any atom is 0.229 e. The first-order valence-electron chi connectivity index (χ1n) is 3.28. The Morgan fingerprint density at radius 1 is 0.900 bits per heavy atom. The zero-order chi connectivity index (χ0) is 7.14. The van der Waals surface area contributed by atoms with E-state index in [-0.39, 0.29) is 11.6 Å². The number of carbonyl (C=O) groups excluding carboxylic acids is 2. The van der Waals surface area contributed by atoms with Crippen molar-refractivity contribution in [2.24, 2.45) is 0 Å². The number of Topliss-reactive ketones (excluding diaryl/α,β-unsaturated/α-hetero) is 2. The first-order valence-corrected chi connectivity index (χ1v) is 3.28. The van der Waals surface area contributed by atoms with E-state index in [1.807, 2.05) is 0 Å². The van der Waals surface area contributed by atoms with Crippen LogP contribution in [0.5, 0.6) is 0 Å². The van der Waals surface area contributed by atoms with Crippen molar-refractivity contribution in [3.8, 4) is 0 Å². The second-order valence-electron chi connectivity index (χ2n) is 2.54. The average Bonchev–Trinajstić information content (AvgIpc) is 2.00. The number of hydrogen-bond donors (Lipinski definition) is 0. The second kappa shape index (κ2) is 1.66. The van der Waals surface area contributed by atoms with E-state index in [2.05, 4.69) is 0 Å². The summed E-state index contributed by atoms with van der Waals surface area (Å²) in [6, 6.07) is 0. The highest BCUT2D eigenvalue weighted by Crippen LogP contribution is 2.26. The Bertz CT molecular complexity index is 252. The Labute approximate surface area is 58.2 Å². The molecule has 2 heteroatoms. The summed E-state index contributed by atoms with van der Waals surface area (Å²) in [5.74, 6) is -0.576. The molecule has 3 aliphatic rings. The van der Waals surface area contributed by atoms with Crippen LogP contribution in [0.2, 0.25) is 0 Å². The second-order valence-corrected chi connectivity index (χ2v) is 2.54. The molecule has 0 spiro atoms. The predicted octanol–water partition coefficient (Wildman–Crippen LogP) is 0.785. The molecule has 3 aliphatic carbocycles. The lowest BCUT2D eigenvalue weighted by Crippen LogP contribution is -2.26. The van der Waals surface area contributed by atoms with E-state index < -0.39 is 0 Å². The molecule has 50 valence electrons. The first kappa shape index (κ1) is 5.59. The number of carbonyl (C=O) groups is 2. The third kappa shape index (κ3) is 0.533. The topological polar surface area (TPSA) is 34.1 Å². The minimum Gasteiger partial charge on any atom is -0.285 e. The summed E-state index contributed by atoms with van der Waals surface area (Å²) in [5.41, 5.74) is 1.36. The van der Waals surface area contributed by atoms with Crippen molar-refractivity contribution in [1.29, 1.82) is 0 Å². The molecule has 0 unspecified atom stereocenters. The van der Waals surface area contributed by atoms with E-state index in [0.717, 1.165) is 12.8 Å². The number of rotatable bonds is 0. The van der Waals surface area contributed by atoms with Crippen molar-refractivity contribution in [3.63, 3.8) is 0 Å². The number of hydrogen-bond acceptors (Lipinski definition) is 2. The highest BCUT2D eigenvalue weighted by molar-refractivity contribution is 6.50. The van der Waals surface area contributed by atoms with Crippen LogP contribution in [0.4, 0.5) is 0 Å². The zero-order valence-electron chi connectivity index (χ0n) is 5.39. The molecular formula is C8H6O2. The third-order valence-electron chi connectivity index (χ3n) is 1.94. The summed E-state index contributed by atoms with van der Waals surface area (Å²) in [4.78, 5) is 21.9. The van der Waals surface area contributed by atoms with Gasteiger partial charge in [-0.3, -0.25) is 9.59 Å². The van der Waals surface area contributed by atoms with Gasteiger partial charge in [-0.2, -0.15) is 0 Å². The lowest BCUT2D eigenvalue weighted by molar-refractivity contribution is -0.133. The normalized spacial score (nSPS) is 22.8. The molecule has 3 rings (SSSR count). The summed E-state index contributed by atoms with van der Waals surface area (Å²) in [6.07, 6.45) is 5.03. The van der Waals surface area contributed by atoms with E-state index in [9.17, 15) is 9.59 Å². The smallest absolute Gasteiger partial charge is 0.229 e. The fourth-order valence-electron chi connectivity index (χ4n) is 1.31. The first-order chi connectivity index (χ1) is 4.79. The highest BCUT2D eigenvalue weighted by Gasteiger charge is 2.30. The van der Waals surface area contributed by atoms with Gasteiger partial charge >= 0.3 is 0 Å². The van der Waals surface area contributed by atoms with E-state index in [1.54, 1.807) is 12.2 Å². The summed E-state index contributed by atoms with van der Waals surface area (Å²) in [6.45, 7) is 0. The SMILES string of the molecule is O=C1C(=O)C2=CC=C1CC2. The monoisotopic (exact) mass is 134 g/mol. The fraction of sp³-hybridized carbons (Fsp3) is 0.250. The van der Waals surface area contributed by atoms with Gasteiger partial charge in [-0.1, -0.05) is 12.2 Å². The lowest BCUT2D eigenvalue weighted by Gasteiger charge is -2.18. The van der Waals surface area contributed by atoms with Crippen LogP contribution in [-0.2, 0) is 9.59 Å². The van der Waals surface area contributed by atoms with Crippen LogP contribution in [0, 0.1) is 0 Å². The predicted molar refractivity (Wildman–Crippen MR) is 35.4 cm³/mol. The third-order valence-corrected chi connectivity index (χ3v) is 1.94. The van der Waals surface area contributed by atoms with Gasteiger partial charge in [0.25, 0.3) is 0 Å². The van der Waals surface area contributed by atoms with Gasteiger partial charge in [0, 0.05) is 11.1 Å². The van der Waals surface area contributed by atoms with E-state index in [4.69, 9.17) is 0 Å². The molecule has 0 N–H and O–H groups in total. The zero-order valence-corrected chi connectivity index (χ0v) is 5.39. The molecule has 0 heterocycles. The van der Waals surface area contributed by atoms with Gasteiger partial charge in [0.2, 0.25) is 11.6 Å². The van der Waals surface area contributed by atoms with Crippen molar-refractivity contribution in [1.82, 2.24) is 0 Å². The van der Waals surface area contributed by atoms with Crippen molar-refractivity contribution in [2.75, 3.05) is 0 Å². The van der Waals surface area contributed by atoms with Gasteiger partial charge in [0.1, 0.15) is 0 Å². The van der Waals surface area contributed by atoms with Crippen molar-refractivity contribution < 1.29 is 9.59 Å². The molecule has 2 bridgehead atoms. The Morgan fingerprint density at radius 2 is 1.30 bits per heavy atom. The molecular weight excluding hydrogens is 128 g/mol. The maximum absolute atomic E-state index is 10.9. The molecule has 10 heavy (non-hydrogen) atoms. The molecule has 0 atom stereocenters. The minimum absolute atomic E-state index is 0.288. The quantitative estimate of drug-likeness (QED) is 0.362. The van der Waals surface area contributed by atoms with Gasteiger partial charge in [-0.15, -0.1) is 0 Å². The van der Waals surface area contributed by atoms with E-state index in [0.29, 0.717) is 11.1 Å². The van der Waals surface area contributed by atoms with Crippen molar-refractivity contribution in [2.45, 2.75) is 12.8 Å². The minimum atomic E-state index is -0.288. The van der Waals surface area contributed by atoms with Crippen LogP contribution in [-0.4, -0.2) is 11.6 Å².